The van der Waals surface area contributed by atoms with Crippen LogP contribution < -0.4 is 0 Å². The first kappa shape index (κ1) is 12.5. The first-order valence-electron chi connectivity index (χ1n) is 4.79. The molecule has 1 aromatic rings. The largest absolute Gasteiger partial charge is 0.451 e. The lowest BCUT2D eigenvalue weighted by Crippen LogP contribution is -2.11. The zero-order valence-corrected chi connectivity index (χ0v) is 11.4. The minimum absolute atomic E-state index is 0.117. The van der Waals surface area contributed by atoms with E-state index in [0.29, 0.717) is 10.2 Å². The first-order valence-corrected chi connectivity index (χ1v) is 6.31. The van der Waals surface area contributed by atoms with Gasteiger partial charge in [-0.1, -0.05) is 32.9 Å². The molecule has 82 valence electrons. The zero-order chi connectivity index (χ0) is 11.5. The molecule has 2 nitrogen and oxygen atoms in total. The van der Waals surface area contributed by atoms with Gasteiger partial charge in [0.15, 0.2) is 0 Å². The molecule has 0 amide bonds. The van der Waals surface area contributed by atoms with Gasteiger partial charge in [-0.2, -0.15) is 0 Å². The van der Waals surface area contributed by atoms with Crippen LogP contribution in [0.1, 0.15) is 36.7 Å². The third-order valence-corrected chi connectivity index (χ3v) is 2.48. The second kappa shape index (κ2) is 4.96. The number of alkyl halides is 1. The maximum Gasteiger partial charge on any atom is 0.338 e. The number of carbonyl (C=O) groups is 1. The third-order valence-electron chi connectivity index (χ3n) is 2.17. The molecule has 0 saturated heterocycles. The van der Waals surface area contributed by atoms with E-state index < -0.39 is 0 Å². The predicted octanol–water partition coefficient (Wildman–Crippen LogP) is 3.53. The maximum atomic E-state index is 11.4. The Labute approximate surface area is 104 Å². The Morgan fingerprint density at radius 3 is 2.20 bits per heavy atom. The second-order valence-electron chi connectivity index (χ2n) is 4.37. The number of ether oxygens (including phenoxy) is 1. The van der Waals surface area contributed by atoms with E-state index >= 15 is 0 Å². The summed E-state index contributed by atoms with van der Waals surface area (Å²) in [5, 5.41) is 0. The SMILES string of the molecule is CC(C)(C)c1ccc(C(=O)OCI)cc1. The van der Waals surface area contributed by atoms with Gasteiger partial charge in [0, 0.05) is 0 Å². The molecule has 0 aliphatic heterocycles. The molecule has 0 aliphatic rings. The van der Waals surface area contributed by atoms with Crippen LogP contribution in [0, 0.1) is 0 Å². The van der Waals surface area contributed by atoms with E-state index in [1.54, 1.807) is 0 Å². The molecule has 0 saturated carbocycles. The summed E-state index contributed by atoms with van der Waals surface area (Å²) in [5.74, 6) is -0.259. The van der Waals surface area contributed by atoms with Crippen molar-refractivity contribution in [2.75, 3.05) is 4.61 Å². The van der Waals surface area contributed by atoms with Crippen molar-refractivity contribution in [3.63, 3.8) is 0 Å². The van der Waals surface area contributed by atoms with Crippen molar-refractivity contribution >= 4 is 28.6 Å². The molecule has 0 fully saturated rings. The summed E-state index contributed by atoms with van der Waals surface area (Å²) in [6.07, 6.45) is 0. The molecule has 0 aromatic heterocycles. The van der Waals surface area contributed by atoms with Crippen LogP contribution in [0.25, 0.3) is 0 Å². The average molecular weight is 318 g/mol. The van der Waals surface area contributed by atoms with Gasteiger partial charge < -0.3 is 4.74 Å². The molecule has 0 bridgehead atoms. The minimum Gasteiger partial charge on any atom is -0.451 e. The Bertz CT molecular complexity index is 336. The van der Waals surface area contributed by atoms with E-state index in [4.69, 9.17) is 4.74 Å². The van der Waals surface area contributed by atoms with Crippen LogP contribution in [0.5, 0.6) is 0 Å². The van der Waals surface area contributed by atoms with Gasteiger partial charge in [0.05, 0.1) is 5.56 Å². The fourth-order valence-electron chi connectivity index (χ4n) is 1.24. The molecule has 1 rings (SSSR count). The van der Waals surface area contributed by atoms with E-state index in [-0.39, 0.29) is 11.4 Å². The Morgan fingerprint density at radius 2 is 1.80 bits per heavy atom. The highest BCUT2D eigenvalue weighted by atomic mass is 127. The van der Waals surface area contributed by atoms with Gasteiger partial charge in [-0.15, -0.1) is 0 Å². The van der Waals surface area contributed by atoms with Crippen LogP contribution in [-0.2, 0) is 10.2 Å². The zero-order valence-electron chi connectivity index (χ0n) is 9.21. The van der Waals surface area contributed by atoms with Gasteiger partial charge in [-0.25, -0.2) is 4.79 Å². The van der Waals surface area contributed by atoms with Crippen LogP contribution in [0.15, 0.2) is 24.3 Å². The summed E-state index contributed by atoms with van der Waals surface area (Å²) in [4.78, 5) is 11.4. The highest BCUT2D eigenvalue weighted by Gasteiger charge is 2.14. The minimum atomic E-state index is -0.259. The molecule has 0 heterocycles. The van der Waals surface area contributed by atoms with Crippen LogP contribution in [0.3, 0.4) is 0 Å². The van der Waals surface area contributed by atoms with Crippen molar-refractivity contribution in [1.82, 2.24) is 0 Å². The van der Waals surface area contributed by atoms with Crippen molar-refractivity contribution in [2.45, 2.75) is 26.2 Å². The van der Waals surface area contributed by atoms with Gasteiger partial charge in [-0.05, 0) is 45.7 Å². The van der Waals surface area contributed by atoms with Crippen molar-refractivity contribution < 1.29 is 9.53 Å². The summed E-state index contributed by atoms with van der Waals surface area (Å²) in [6, 6.07) is 7.58. The van der Waals surface area contributed by atoms with Gasteiger partial charge in [0.25, 0.3) is 0 Å². The molecule has 0 spiro atoms. The molecule has 0 aliphatic carbocycles. The van der Waals surface area contributed by atoms with Crippen LogP contribution in [0.2, 0.25) is 0 Å². The Balaban J connectivity index is 2.86. The van der Waals surface area contributed by atoms with E-state index in [9.17, 15) is 4.79 Å². The summed E-state index contributed by atoms with van der Waals surface area (Å²) >= 11 is 2.01. The lowest BCUT2D eigenvalue weighted by atomic mass is 9.87. The molecule has 1 aromatic carbocycles. The normalized spacial score (nSPS) is 11.2. The topological polar surface area (TPSA) is 26.3 Å². The molecular weight excluding hydrogens is 303 g/mol. The van der Waals surface area contributed by atoms with E-state index in [1.807, 2.05) is 46.9 Å². The highest BCUT2D eigenvalue weighted by Crippen LogP contribution is 2.22. The smallest absolute Gasteiger partial charge is 0.338 e. The van der Waals surface area contributed by atoms with Crippen molar-refractivity contribution in [3.8, 4) is 0 Å². The quantitative estimate of drug-likeness (QED) is 0.474. The van der Waals surface area contributed by atoms with Crippen LogP contribution >= 0.6 is 22.6 Å². The standard InChI is InChI=1S/C12H15IO2/c1-12(2,3)10-6-4-9(5-7-10)11(14)15-8-13/h4-7H,8H2,1-3H3. The number of carbonyl (C=O) groups excluding carboxylic acids is 1. The molecular formula is C12H15IO2. The Morgan fingerprint density at radius 1 is 1.27 bits per heavy atom. The lowest BCUT2D eigenvalue weighted by molar-refractivity contribution is 0.0590. The first-order chi connectivity index (χ1) is 6.95. The molecule has 0 atom stereocenters. The van der Waals surface area contributed by atoms with E-state index in [0.717, 1.165) is 0 Å². The highest BCUT2D eigenvalue weighted by molar-refractivity contribution is 14.1. The molecule has 0 unspecified atom stereocenters. The van der Waals surface area contributed by atoms with Gasteiger partial charge >= 0.3 is 5.97 Å². The molecule has 0 radical (unpaired) electrons. The van der Waals surface area contributed by atoms with Crippen molar-refractivity contribution in [1.29, 1.82) is 0 Å². The lowest BCUT2D eigenvalue weighted by Gasteiger charge is -2.18. The third kappa shape index (κ3) is 3.48. The van der Waals surface area contributed by atoms with Gasteiger partial charge in [0.2, 0.25) is 0 Å². The van der Waals surface area contributed by atoms with Gasteiger partial charge in [0.1, 0.15) is 4.61 Å². The number of esters is 1. The molecule has 0 N–H and O–H groups in total. The number of halogens is 1. The number of hydrogen-bond acceptors (Lipinski definition) is 2. The fraction of sp³-hybridized carbons (Fsp3) is 0.417. The summed E-state index contributed by atoms with van der Waals surface area (Å²) in [6.45, 7) is 6.43. The van der Waals surface area contributed by atoms with Crippen molar-refractivity contribution in [2.24, 2.45) is 0 Å². The number of hydrogen-bond donors (Lipinski definition) is 0. The Hall–Kier alpha value is -0.580. The fourth-order valence-corrected chi connectivity index (χ4v) is 1.52. The maximum absolute atomic E-state index is 11.4. The number of benzene rings is 1. The summed E-state index contributed by atoms with van der Waals surface area (Å²) in [7, 11) is 0. The summed E-state index contributed by atoms with van der Waals surface area (Å²) in [5.41, 5.74) is 1.94. The monoisotopic (exact) mass is 318 g/mol. The predicted molar refractivity (Wildman–Crippen MR) is 69.4 cm³/mol. The van der Waals surface area contributed by atoms with E-state index in [1.165, 1.54) is 5.56 Å². The second-order valence-corrected chi connectivity index (χ2v) is 4.99. The number of rotatable bonds is 2. The van der Waals surface area contributed by atoms with Gasteiger partial charge in [-0.3, -0.25) is 0 Å². The molecule has 15 heavy (non-hydrogen) atoms. The van der Waals surface area contributed by atoms with Crippen LogP contribution in [-0.4, -0.2) is 10.6 Å². The summed E-state index contributed by atoms with van der Waals surface area (Å²) < 4.78 is 5.29. The van der Waals surface area contributed by atoms with E-state index in [2.05, 4.69) is 20.8 Å². The average Bonchev–Trinajstić information content (AvgIpc) is 2.17. The van der Waals surface area contributed by atoms with Crippen LogP contribution in [0.4, 0.5) is 0 Å². The Kier molecular flexibility index (Phi) is 4.13. The van der Waals surface area contributed by atoms with Crippen molar-refractivity contribution in [3.05, 3.63) is 35.4 Å². The molecule has 3 heteroatoms.